The molecule has 0 saturated heterocycles. The summed E-state index contributed by atoms with van der Waals surface area (Å²) in [7, 11) is 1.65. The van der Waals surface area contributed by atoms with Crippen LogP contribution in [0.5, 0.6) is 0 Å². The van der Waals surface area contributed by atoms with Crippen LogP contribution in [-0.2, 0) is 16.1 Å². The highest BCUT2D eigenvalue weighted by atomic mass is 16.5. The van der Waals surface area contributed by atoms with E-state index in [1.807, 2.05) is 32.9 Å². The Morgan fingerprint density at radius 2 is 2.15 bits per heavy atom. The second kappa shape index (κ2) is 8.07. The number of aryl methyl sites for hydroxylation is 1. The van der Waals surface area contributed by atoms with E-state index in [1.165, 1.54) is 0 Å². The van der Waals surface area contributed by atoms with Crippen molar-refractivity contribution in [2.75, 3.05) is 13.7 Å². The molecule has 1 atom stereocenters. The first kappa shape index (κ1) is 16.7. The number of nitrogens with two attached hydrogens (primary N) is 1. The Balaban J connectivity index is 2.62. The number of hydrogen-bond acceptors (Lipinski definition) is 4. The maximum atomic E-state index is 12.4. The van der Waals surface area contributed by atoms with E-state index in [2.05, 4.69) is 0 Å². The number of carbonyl (C=O) groups is 1. The van der Waals surface area contributed by atoms with Crippen molar-refractivity contribution in [2.24, 2.45) is 5.73 Å². The lowest BCUT2D eigenvalue weighted by Crippen LogP contribution is -2.46. The molecule has 5 heteroatoms. The summed E-state index contributed by atoms with van der Waals surface area (Å²) in [6.07, 6.45) is 1.42. The highest BCUT2D eigenvalue weighted by molar-refractivity contribution is 5.81. The fourth-order valence-corrected chi connectivity index (χ4v) is 2.04. The minimum Gasteiger partial charge on any atom is -0.464 e. The normalized spacial score (nSPS) is 12.7. The molecule has 0 fully saturated rings. The zero-order valence-corrected chi connectivity index (χ0v) is 12.9. The average molecular weight is 282 g/mol. The number of rotatable bonds is 8. The quantitative estimate of drug-likeness (QED) is 0.741. The number of carbonyl (C=O) groups excluding carboxylic acids is 1. The Morgan fingerprint density at radius 1 is 1.45 bits per heavy atom. The Hall–Kier alpha value is -1.33. The third kappa shape index (κ3) is 4.98. The van der Waals surface area contributed by atoms with Crippen molar-refractivity contribution in [1.82, 2.24) is 4.90 Å². The summed E-state index contributed by atoms with van der Waals surface area (Å²) in [6, 6.07) is 3.40. The largest absolute Gasteiger partial charge is 0.464 e. The van der Waals surface area contributed by atoms with Crippen molar-refractivity contribution < 1.29 is 13.9 Å². The Bertz CT molecular complexity index is 415. The molecule has 0 aliphatic heterocycles. The van der Waals surface area contributed by atoms with Gasteiger partial charge in [-0.2, -0.15) is 0 Å². The fraction of sp³-hybridized carbons (Fsp3) is 0.667. The van der Waals surface area contributed by atoms with E-state index < -0.39 is 6.04 Å². The van der Waals surface area contributed by atoms with E-state index >= 15 is 0 Å². The average Bonchev–Trinajstić information content (AvgIpc) is 2.80. The molecule has 2 N–H and O–H groups in total. The summed E-state index contributed by atoms with van der Waals surface area (Å²) in [5.41, 5.74) is 5.98. The summed E-state index contributed by atoms with van der Waals surface area (Å²) in [4.78, 5) is 14.2. The molecule has 5 nitrogen and oxygen atoms in total. The SMILES string of the molecule is COCCCC(N)C(=O)N(Cc1ccc(C)o1)C(C)C. The van der Waals surface area contributed by atoms with Crippen molar-refractivity contribution >= 4 is 5.91 Å². The monoisotopic (exact) mass is 282 g/mol. The van der Waals surface area contributed by atoms with E-state index in [0.29, 0.717) is 19.6 Å². The van der Waals surface area contributed by atoms with Gasteiger partial charge in [0.15, 0.2) is 0 Å². The predicted octanol–water partition coefficient (Wildman–Crippen LogP) is 2.08. The van der Waals surface area contributed by atoms with Gasteiger partial charge < -0.3 is 19.8 Å². The van der Waals surface area contributed by atoms with E-state index in [4.69, 9.17) is 14.9 Å². The lowest BCUT2D eigenvalue weighted by Gasteiger charge is -2.28. The first-order chi connectivity index (χ1) is 9.45. The van der Waals surface area contributed by atoms with Gasteiger partial charge in [-0.25, -0.2) is 0 Å². The van der Waals surface area contributed by atoms with Crippen molar-refractivity contribution in [2.45, 2.75) is 52.2 Å². The number of nitrogens with zero attached hydrogens (tertiary/aromatic N) is 1. The van der Waals surface area contributed by atoms with Crippen LogP contribution in [0.2, 0.25) is 0 Å². The Morgan fingerprint density at radius 3 is 2.65 bits per heavy atom. The van der Waals surface area contributed by atoms with Crippen LogP contribution in [0.3, 0.4) is 0 Å². The molecule has 1 amide bonds. The highest BCUT2D eigenvalue weighted by Gasteiger charge is 2.24. The molecule has 0 aliphatic rings. The van der Waals surface area contributed by atoms with Crippen LogP contribution in [0.1, 0.15) is 38.2 Å². The molecule has 1 aromatic heterocycles. The maximum Gasteiger partial charge on any atom is 0.240 e. The molecule has 0 spiro atoms. The van der Waals surface area contributed by atoms with Crippen LogP contribution >= 0.6 is 0 Å². The molecule has 1 rings (SSSR count). The van der Waals surface area contributed by atoms with Gasteiger partial charge in [-0.15, -0.1) is 0 Å². The second-order valence-corrected chi connectivity index (χ2v) is 5.31. The Kier molecular flexibility index (Phi) is 6.75. The molecular formula is C15H26N2O3. The van der Waals surface area contributed by atoms with Gasteiger partial charge in [-0.3, -0.25) is 4.79 Å². The van der Waals surface area contributed by atoms with Gasteiger partial charge >= 0.3 is 0 Å². The van der Waals surface area contributed by atoms with Crippen LogP contribution in [0.4, 0.5) is 0 Å². The lowest BCUT2D eigenvalue weighted by molar-refractivity contribution is -0.135. The molecule has 20 heavy (non-hydrogen) atoms. The van der Waals surface area contributed by atoms with Gasteiger partial charge in [0, 0.05) is 19.8 Å². The molecule has 0 saturated carbocycles. The molecule has 0 aliphatic carbocycles. The lowest BCUT2D eigenvalue weighted by atomic mass is 10.1. The summed E-state index contributed by atoms with van der Waals surface area (Å²) < 4.78 is 10.5. The van der Waals surface area contributed by atoms with E-state index in [-0.39, 0.29) is 11.9 Å². The van der Waals surface area contributed by atoms with Crippen LogP contribution < -0.4 is 5.73 Å². The van der Waals surface area contributed by atoms with E-state index in [9.17, 15) is 4.79 Å². The molecule has 114 valence electrons. The number of hydrogen-bond donors (Lipinski definition) is 1. The first-order valence-corrected chi connectivity index (χ1v) is 7.06. The van der Waals surface area contributed by atoms with Gasteiger partial charge in [-0.1, -0.05) is 0 Å². The maximum absolute atomic E-state index is 12.4. The number of ether oxygens (including phenoxy) is 1. The summed E-state index contributed by atoms with van der Waals surface area (Å²) in [5, 5.41) is 0. The van der Waals surface area contributed by atoms with Crippen molar-refractivity contribution in [3.05, 3.63) is 23.7 Å². The topological polar surface area (TPSA) is 68.7 Å². The van der Waals surface area contributed by atoms with Crippen LogP contribution in [-0.4, -0.2) is 36.6 Å². The first-order valence-electron chi connectivity index (χ1n) is 7.06. The fourth-order valence-electron chi connectivity index (χ4n) is 2.04. The third-order valence-corrected chi connectivity index (χ3v) is 3.21. The van der Waals surface area contributed by atoms with Gasteiger partial charge in [0.1, 0.15) is 11.5 Å². The van der Waals surface area contributed by atoms with Gasteiger partial charge in [0.2, 0.25) is 5.91 Å². The number of amides is 1. The zero-order valence-electron chi connectivity index (χ0n) is 12.9. The smallest absolute Gasteiger partial charge is 0.240 e. The molecule has 1 aromatic rings. The molecule has 0 radical (unpaired) electrons. The van der Waals surface area contributed by atoms with Crippen molar-refractivity contribution in [3.63, 3.8) is 0 Å². The molecule has 1 heterocycles. The van der Waals surface area contributed by atoms with Crippen molar-refractivity contribution in [3.8, 4) is 0 Å². The van der Waals surface area contributed by atoms with Gasteiger partial charge in [0.05, 0.1) is 12.6 Å². The van der Waals surface area contributed by atoms with E-state index in [0.717, 1.165) is 17.9 Å². The predicted molar refractivity (Wildman–Crippen MR) is 78.2 cm³/mol. The van der Waals surface area contributed by atoms with Crippen LogP contribution in [0, 0.1) is 6.92 Å². The van der Waals surface area contributed by atoms with Gasteiger partial charge in [-0.05, 0) is 45.7 Å². The second-order valence-electron chi connectivity index (χ2n) is 5.31. The van der Waals surface area contributed by atoms with E-state index in [1.54, 1.807) is 12.0 Å². The van der Waals surface area contributed by atoms with Crippen molar-refractivity contribution in [1.29, 1.82) is 0 Å². The Labute approximate surface area is 121 Å². The molecule has 1 unspecified atom stereocenters. The van der Waals surface area contributed by atoms with Gasteiger partial charge in [0.25, 0.3) is 0 Å². The minimum atomic E-state index is -0.483. The zero-order chi connectivity index (χ0) is 15.1. The highest BCUT2D eigenvalue weighted by Crippen LogP contribution is 2.14. The standard InChI is InChI=1S/C15H26N2O3/c1-11(2)17(10-13-8-7-12(3)20-13)15(18)14(16)6-5-9-19-4/h7-8,11,14H,5-6,9-10,16H2,1-4H3. The number of furan rings is 1. The summed E-state index contributed by atoms with van der Waals surface area (Å²) >= 11 is 0. The summed E-state index contributed by atoms with van der Waals surface area (Å²) in [6.45, 7) is 6.94. The molecular weight excluding hydrogens is 256 g/mol. The van der Waals surface area contributed by atoms with Crippen LogP contribution in [0.25, 0.3) is 0 Å². The minimum absolute atomic E-state index is 0.0369. The third-order valence-electron chi connectivity index (χ3n) is 3.21. The summed E-state index contributed by atoms with van der Waals surface area (Å²) in [5.74, 6) is 1.60. The molecule has 0 bridgehead atoms. The molecule has 0 aromatic carbocycles. The van der Waals surface area contributed by atoms with Crippen LogP contribution in [0.15, 0.2) is 16.5 Å². The number of methoxy groups -OCH3 is 1.